The molecule has 0 aliphatic carbocycles. The Morgan fingerprint density at radius 1 is 0.400 bits per heavy atom. The molecule has 10 heteroatoms. The van der Waals surface area contributed by atoms with Crippen molar-refractivity contribution in [3.05, 3.63) is 170 Å². The predicted molar refractivity (Wildman–Crippen MR) is 343 cm³/mol. The van der Waals surface area contributed by atoms with Crippen molar-refractivity contribution in [2.75, 3.05) is 47.5 Å². The normalized spacial score (nSPS) is 14.4. The molecule has 0 aromatic heterocycles. The minimum absolute atomic E-state index is 0.0122. The molecule has 0 aromatic carbocycles. The minimum atomic E-state index is -4.41. The molecule has 1 N–H and O–H groups in total. The van der Waals surface area contributed by atoms with Gasteiger partial charge in [0.1, 0.15) is 19.8 Å². The third-order valence-electron chi connectivity index (χ3n) is 12.2. The zero-order valence-corrected chi connectivity index (χ0v) is 51.9. The molecular formula is C70H113NO8P+. The van der Waals surface area contributed by atoms with Crippen LogP contribution in [0.3, 0.4) is 0 Å². The maximum atomic E-state index is 12.8. The van der Waals surface area contributed by atoms with Crippen molar-refractivity contribution in [1.82, 2.24) is 0 Å². The van der Waals surface area contributed by atoms with E-state index < -0.39 is 32.5 Å². The number of allylic oxidation sites excluding steroid dienone is 28. The van der Waals surface area contributed by atoms with E-state index in [0.29, 0.717) is 23.9 Å². The van der Waals surface area contributed by atoms with Gasteiger partial charge in [-0.1, -0.05) is 229 Å². The Hall–Kier alpha value is -4.63. The van der Waals surface area contributed by atoms with E-state index in [-0.39, 0.29) is 26.1 Å². The molecule has 0 fully saturated rings. The quantitative estimate of drug-likeness (QED) is 0.0211. The first-order valence-electron chi connectivity index (χ1n) is 30.9. The van der Waals surface area contributed by atoms with Crippen molar-refractivity contribution >= 4 is 19.8 Å². The summed E-state index contributed by atoms with van der Waals surface area (Å²) in [5.74, 6) is -0.872. The summed E-state index contributed by atoms with van der Waals surface area (Å²) in [5.41, 5.74) is 0. The molecular weight excluding hydrogens is 1010 g/mol. The van der Waals surface area contributed by atoms with E-state index in [2.05, 4.69) is 184 Å². The van der Waals surface area contributed by atoms with Gasteiger partial charge in [-0.3, -0.25) is 18.6 Å². The summed E-state index contributed by atoms with van der Waals surface area (Å²) in [5, 5.41) is 0. The summed E-state index contributed by atoms with van der Waals surface area (Å²) in [6.45, 7) is 4.20. The number of rotatable bonds is 54. The van der Waals surface area contributed by atoms with Gasteiger partial charge < -0.3 is 18.9 Å². The van der Waals surface area contributed by atoms with Crippen molar-refractivity contribution in [2.45, 2.75) is 213 Å². The molecule has 80 heavy (non-hydrogen) atoms. The molecule has 0 saturated carbocycles. The molecule has 0 rings (SSSR count). The van der Waals surface area contributed by atoms with E-state index in [1.807, 2.05) is 21.1 Å². The third-order valence-corrected chi connectivity index (χ3v) is 13.2. The lowest BCUT2D eigenvalue weighted by atomic mass is 10.1. The number of hydrogen-bond donors (Lipinski definition) is 1. The Bertz CT molecular complexity index is 1950. The zero-order valence-electron chi connectivity index (χ0n) is 51.0. The SMILES string of the molecule is CC/C=C\C/C=C\C/C=C\C/C=C\C/C=C\C/C=C\C/C=C\C/C=C\C/C=C\C/C=C\C/C=C\C/C=C\CCCCC(=O)OC(COC(=O)CCCCCCCCC/C=C\C/C=C\CCCCC)COP(=O)(O)OCC[N+](C)(C)C. The highest BCUT2D eigenvalue weighted by atomic mass is 31.2. The standard InChI is InChI=1S/C70H112NO8P/c1-6-8-10-12-14-16-18-20-22-24-25-26-27-28-29-30-31-32-33-34-35-36-37-38-39-40-41-42-43-44-45-47-49-51-53-55-57-59-61-63-70(73)79-68(67-78-80(74,75)77-65-64-71(3,4)5)66-76-69(72)62-60-58-56-54-52-50-48-46-23-21-19-17-15-13-11-9-7-2/h8,10,14-17,20-23,25-26,28-29,31-32,34-35,37-38,40-41,43-44,47,49,53,55,68H,6-7,9,11-13,18-19,24,27,30,33,36,39,42,45-46,48,50-52,54,56-67H2,1-5H3/p+1/b10-8-,16-14-,17-15-,22-20-,23-21-,26-25-,29-28-,32-31-,35-34-,38-37-,41-40-,44-43-,49-47-,55-53-. The van der Waals surface area contributed by atoms with E-state index in [0.717, 1.165) is 122 Å². The van der Waals surface area contributed by atoms with Gasteiger partial charge in [0.2, 0.25) is 0 Å². The minimum Gasteiger partial charge on any atom is -0.462 e. The van der Waals surface area contributed by atoms with Crippen LogP contribution in [0.15, 0.2) is 170 Å². The molecule has 0 amide bonds. The van der Waals surface area contributed by atoms with E-state index in [9.17, 15) is 19.0 Å². The molecule has 2 atom stereocenters. The van der Waals surface area contributed by atoms with Gasteiger partial charge in [0, 0.05) is 12.8 Å². The van der Waals surface area contributed by atoms with Crippen LogP contribution in [0.4, 0.5) is 0 Å². The number of phosphoric acid groups is 1. The smallest absolute Gasteiger partial charge is 0.462 e. The molecule has 0 heterocycles. The summed E-state index contributed by atoms with van der Waals surface area (Å²) in [4.78, 5) is 35.7. The van der Waals surface area contributed by atoms with Crippen molar-refractivity contribution in [3.63, 3.8) is 0 Å². The number of hydrogen-bond acceptors (Lipinski definition) is 7. The second-order valence-corrected chi connectivity index (χ2v) is 22.5. The largest absolute Gasteiger partial charge is 0.472 e. The molecule has 0 bridgehead atoms. The molecule has 2 unspecified atom stereocenters. The number of carbonyl (C=O) groups is 2. The highest BCUT2D eigenvalue weighted by Gasteiger charge is 2.27. The maximum Gasteiger partial charge on any atom is 0.472 e. The molecule has 0 radical (unpaired) electrons. The first kappa shape index (κ1) is 75.4. The summed E-state index contributed by atoms with van der Waals surface area (Å²) in [6.07, 6.45) is 90.1. The van der Waals surface area contributed by atoms with Gasteiger partial charge in [0.25, 0.3) is 0 Å². The van der Waals surface area contributed by atoms with Crippen LogP contribution in [-0.4, -0.2) is 74.9 Å². The lowest BCUT2D eigenvalue weighted by Crippen LogP contribution is -2.37. The fourth-order valence-corrected chi connectivity index (χ4v) is 8.24. The average molecular weight is 1130 g/mol. The second-order valence-electron chi connectivity index (χ2n) is 21.0. The van der Waals surface area contributed by atoms with Gasteiger partial charge in [-0.25, -0.2) is 4.57 Å². The summed E-state index contributed by atoms with van der Waals surface area (Å²) < 4.78 is 34.5. The molecule has 0 aromatic rings. The lowest BCUT2D eigenvalue weighted by molar-refractivity contribution is -0.870. The Kier molecular flexibility index (Phi) is 55.6. The van der Waals surface area contributed by atoms with E-state index in [4.69, 9.17) is 18.5 Å². The van der Waals surface area contributed by atoms with Crippen molar-refractivity contribution in [2.24, 2.45) is 0 Å². The van der Waals surface area contributed by atoms with Gasteiger partial charge in [-0.05, 0) is 135 Å². The average Bonchev–Trinajstić information content (AvgIpc) is 3.42. The first-order valence-corrected chi connectivity index (χ1v) is 32.4. The fraction of sp³-hybridized carbons (Fsp3) is 0.571. The maximum absolute atomic E-state index is 12.8. The van der Waals surface area contributed by atoms with Crippen molar-refractivity contribution in [1.29, 1.82) is 0 Å². The van der Waals surface area contributed by atoms with E-state index in [1.165, 1.54) is 44.9 Å². The summed E-state index contributed by atoms with van der Waals surface area (Å²) >= 11 is 0. The van der Waals surface area contributed by atoms with Crippen LogP contribution in [0.25, 0.3) is 0 Å². The van der Waals surface area contributed by atoms with Gasteiger partial charge in [0.15, 0.2) is 6.10 Å². The van der Waals surface area contributed by atoms with Gasteiger partial charge >= 0.3 is 19.8 Å². The van der Waals surface area contributed by atoms with Crippen molar-refractivity contribution in [3.8, 4) is 0 Å². The number of quaternary nitrogens is 1. The fourth-order valence-electron chi connectivity index (χ4n) is 7.50. The summed E-state index contributed by atoms with van der Waals surface area (Å²) in [7, 11) is 1.42. The molecule has 0 aliphatic heterocycles. The lowest BCUT2D eigenvalue weighted by Gasteiger charge is -2.24. The molecule has 0 saturated heterocycles. The van der Waals surface area contributed by atoms with Crippen LogP contribution in [0.5, 0.6) is 0 Å². The van der Waals surface area contributed by atoms with Gasteiger partial charge in [0.05, 0.1) is 27.7 Å². The number of carbonyl (C=O) groups excluding carboxylic acids is 2. The van der Waals surface area contributed by atoms with Crippen molar-refractivity contribution < 1.29 is 42.1 Å². The van der Waals surface area contributed by atoms with Gasteiger partial charge in [-0.15, -0.1) is 0 Å². The Morgan fingerprint density at radius 2 is 0.713 bits per heavy atom. The number of likely N-dealkylation sites (N-methyl/N-ethyl adjacent to an activating group) is 1. The predicted octanol–water partition coefficient (Wildman–Crippen LogP) is 19.8. The van der Waals surface area contributed by atoms with Crippen LogP contribution in [0.2, 0.25) is 0 Å². The number of esters is 2. The zero-order chi connectivity index (χ0) is 58.4. The molecule has 9 nitrogen and oxygen atoms in total. The Morgan fingerprint density at radius 3 is 1.09 bits per heavy atom. The van der Waals surface area contributed by atoms with E-state index >= 15 is 0 Å². The van der Waals surface area contributed by atoms with Crippen LogP contribution in [0, 0.1) is 0 Å². The molecule has 0 spiro atoms. The number of nitrogens with zero attached hydrogens (tertiary/aromatic N) is 1. The highest BCUT2D eigenvalue weighted by Crippen LogP contribution is 2.43. The van der Waals surface area contributed by atoms with E-state index in [1.54, 1.807) is 0 Å². The number of phosphoric ester groups is 1. The topological polar surface area (TPSA) is 108 Å². The highest BCUT2D eigenvalue weighted by molar-refractivity contribution is 7.47. The molecule has 0 aliphatic rings. The Balaban J connectivity index is 4.26. The number of unbranched alkanes of at least 4 members (excludes halogenated alkanes) is 12. The molecule has 450 valence electrons. The first-order chi connectivity index (χ1) is 39.0. The second kappa shape index (κ2) is 59.0. The third kappa shape index (κ3) is 62.6. The van der Waals surface area contributed by atoms with Crippen LogP contribution in [0.1, 0.15) is 206 Å². The van der Waals surface area contributed by atoms with Crippen LogP contribution < -0.4 is 0 Å². The monoisotopic (exact) mass is 1130 g/mol. The summed E-state index contributed by atoms with van der Waals surface area (Å²) in [6, 6.07) is 0. The number of ether oxygens (including phenoxy) is 2. The van der Waals surface area contributed by atoms with Gasteiger partial charge in [-0.2, -0.15) is 0 Å². The van der Waals surface area contributed by atoms with Crippen LogP contribution in [-0.2, 0) is 32.7 Å². The Labute approximate surface area is 489 Å². The van der Waals surface area contributed by atoms with Crippen LogP contribution >= 0.6 is 7.82 Å².